The summed E-state index contributed by atoms with van der Waals surface area (Å²) >= 11 is 1.70. The summed E-state index contributed by atoms with van der Waals surface area (Å²) in [6, 6.07) is 0.625. The van der Waals surface area contributed by atoms with Gasteiger partial charge in [0.15, 0.2) is 0 Å². The molecule has 0 bridgehead atoms. The van der Waals surface area contributed by atoms with Crippen molar-refractivity contribution in [3.63, 3.8) is 0 Å². The van der Waals surface area contributed by atoms with Crippen LogP contribution in [0.1, 0.15) is 18.7 Å². The normalized spacial score (nSPS) is 11.5. The molecule has 14 heavy (non-hydrogen) atoms. The molecule has 1 aromatic rings. The van der Waals surface area contributed by atoms with E-state index in [1.54, 1.807) is 11.3 Å². The molecule has 0 amide bonds. The van der Waals surface area contributed by atoms with Gasteiger partial charge in [-0.2, -0.15) is 0 Å². The number of nitrogens with one attached hydrogen (secondary N) is 1. The fourth-order valence-corrected chi connectivity index (χ4v) is 1.62. The highest BCUT2D eigenvalue weighted by molar-refractivity contribution is 7.09. The first-order chi connectivity index (χ1) is 6.70. The largest absolute Gasteiger partial charge is 0.311 e. The first-order valence-corrected chi connectivity index (χ1v) is 5.86. The molecule has 4 heteroatoms. The lowest BCUT2D eigenvalue weighted by molar-refractivity contribution is 0.273. The van der Waals surface area contributed by atoms with Crippen molar-refractivity contribution in [2.24, 2.45) is 0 Å². The maximum atomic E-state index is 4.03. The van der Waals surface area contributed by atoms with Gasteiger partial charge in [0, 0.05) is 36.8 Å². The topological polar surface area (TPSA) is 28.2 Å². The number of hydrogen-bond acceptors (Lipinski definition) is 4. The Morgan fingerprint density at radius 2 is 2.36 bits per heavy atom. The quantitative estimate of drug-likeness (QED) is 0.727. The lowest BCUT2D eigenvalue weighted by atomic mass is 10.3. The number of hydrogen-bond donors (Lipinski definition) is 1. The van der Waals surface area contributed by atoms with Crippen molar-refractivity contribution >= 4 is 11.3 Å². The standard InChI is InChI=1S/C10H19N3S/c1-9(2)13(3)5-4-11-6-10-7-12-8-14-10/h7-9,11H,4-6H2,1-3H3. The molecule has 0 atom stereocenters. The van der Waals surface area contributed by atoms with E-state index in [0.717, 1.165) is 19.6 Å². The third-order valence-corrected chi connectivity index (χ3v) is 3.09. The Morgan fingerprint density at radius 3 is 2.93 bits per heavy atom. The smallest absolute Gasteiger partial charge is 0.0794 e. The summed E-state index contributed by atoms with van der Waals surface area (Å²) in [6.07, 6.45) is 1.92. The second-order valence-corrected chi connectivity index (χ2v) is 4.69. The molecule has 0 aromatic carbocycles. The van der Waals surface area contributed by atoms with Crippen molar-refractivity contribution in [2.75, 3.05) is 20.1 Å². The van der Waals surface area contributed by atoms with Crippen LogP contribution in [-0.4, -0.2) is 36.1 Å². The Hall–Kier alpha value is -0.450. The van der Waals surface area contributed by atoms with Crippen LogP contribution in [0.4, 0.5) is 0 Å². The second-order valence-electron chi connectivity index (χ2n) is 3.72. The number of likely N-dealkylation sites (N-methyl/N-ethyl adjacent to an activating group) is 1. The Labute approximate surface area is 90.2 Å². The predicted octanol–water partition coefficient (Wildman–Crippen LogP) is 1.57. The molecule has 1 aromatic heterocycles. The van der Waals surface area contributed by atoms with Crippen LogP contribution in [0, 0.1) is 0 Å². The van der Waals surface area contributed by atoms with Gasteiger partial charge in [0.1, 0.15) is 0 Å². The van der Waals surface area contributed by atoms with Crippen molar-refractivity contribution in [3.05, 3.63) is 16.6 Å². The van der Waals surface area contributed by atoms with Gasteiger partial charge in [0.25, 0.3) is 0 Å². The summed E-state index contributed by atoms with van der Waals surface area (Å²) < 4.78 is 0. The second kappa shape index (κ2) is 6.11. The molecule has 1 heterocycles. The van der Waals surface area contributed by atoms with E-state index in [0.29, 0.717) is 6.04 Å². The van der Waals surface area contributed by atoms with Crippen LogP contribution in [0.2, 0.25) is 0 Å². The molecular weight excluding hydrogens is 194 g/mol. The molecule has 0 saturated heterocycles. The zero-order valence-electron chi connectivity index (χ0n) is 9.16. The summed E-state index contributed by atoms with van der Waals surface area (Å²) in [5.41, 5.74) is 1.87. The van der Waals surface area contributed by atoms with Gasteiger partial charge >= 0.3 is 0 Å². The van der Waals surface area contributed by atoms with E-state index >= 15 is 0 Å². The van der Waals surface area contributed by atoms with Gasteiger partial charge in [0.05, 0.1) is 5.51 Å². The van der Waals surface area contributed by atoms with Crippen molar-refractivity contribution in [3.8, 4) is 0 Å². The van der Waals surface area contributed by atoms with Gasteiger partial charge in [-0.3, -0.25) is 4.98 Å². The highest BCUT2D eigenvalue weighted by Crippen LogP contribution is 2.03. The molecule has 0 aliphatic rings. The van der Waals surface area contributed by atoms with Crippen LogP contribution in [0.3, 0.4) is 0 Å². The number of nitrogens with zero attached hydrogens (tertiary/aromatic N) is 2. The van der Waals surface area contributed by atoms with E-state index in [9.17, 15) is 0 Å². The fourth-order valence-electron chi connectivity index (χ4n) is 1.05. The van der Waals surface area contributed by atoms with Crippen molar-refractivity contribution in [2.45, 2.75) is 26.4 Å². The third-order valence-electron chi connectivity index (χ3n) is 2.31. The fraction of sp³-hybridized carbons (Fsp3) is 0.700. The van der Waals surface area contributed by atoms with Crippen LogP contribution in [-0.2, 0) is 6.54 Å². The van der Waals surface area contributed by atoms with Crippen molar-refractivity contribution < 1.29 is 0 Å². The molecule has 0 aliphatic heterocycles. The van der Waals surface area contributed by atoms with Crippen LogP contribution < -0.4 is 5.32 Å². The summed E-state index contributed by atoms with van der Waals surface area (Å²) in [6.45, 7) is 7.49. The molecular formula is C10H19N3S. The molecule has 0 spiro atoms. The van der Waals surface area contributed by atoms with Gasteiger partial charge < -0.3 is 10.2 Å². The first kappa shape index (κ1) is 11.6. The van der Waals surface area contributed by atoms with Crippen LogP contribution in [0.25, 0.3) is 0 Å². The highest BCUT2D eigenvalue weighted by atomic mass is 32.1. The number of aromatic nitrogens is 1. The zero-order chi connectivity index (χ0) is 10.4. The highest BCUT2D eigenvalue weighted by Gasteiger charge is 2.01. The Bertz CT molecular complexity index is 234. The number of rotatable bonds is 6. The van der Waals surface area contributed by atoms with E-state index in [1.807, 2.05) is 11.7 Å². The third kappa shape index (κ3) is 4.17. The average Bonchev–Trinajstić information content (AvgIpc) is 2.64. The minimum Gasteiger partial charge on any atom is -0.311 e. The minimum atomic E-state index is 0.625. The van der Waals surface area contributed by atoms with Gasteiger partial charge in [-0.1, -0.05) is 0 Å². The van der Waals surface area contributed by atoms with E-state index in [1.165, 1.54) is 4.88 Å². The SMILES string of the molecule is CC(C)N(C)CCNCc1cncs1. The minimum absolute atomic E-state index is 0.625. The van der Waals surface area contributed by atoms with Gasteiger partial charge in [-0.05, 0) is 20.9 Å². The van der Waals surface area contributed by atoms with Crippen LogP contribution >= 0.6 is 11.3 Å². The van der Waals surface area contributed by atoms with Crippen LogP contribution in [0.5, 0.6) is 0 Å². The molecule has 0 saturated carbocycles. The molecule has 1 N–H and O–H groups in total. The Balaban J connectivity index is 2.05. The number of thiazole rings is 1. The first-order valence-electron chi connectivity index (χ1n) is 4.98. The lowest BCUT2D eigenvalue weighted by Crippen LogP contribution is -2.33. The van der Waals surface area contributed by atoms with Gasteiger partial charge in [0.2, 0.25) is 0 Å². The molecule has 0 aliphatic carbocycles. The molecule has 3 nitrogen and oxygen atoms in total. The Kier molecular flexibility index (Phi) is 5.07. The van der Waals surface area contributed by atoms with Crippen molar-refractivity contribution in [1.82, 2.24) is 15.2 Å². The maximum Gasteiger partial charge on any atom is 0.0794 e. The molecule has 1 rings (SSSR count). The monoisotopic (exact) mass is 213 g/mol. The molecule has 0 radical (unpaired) electrons. The summed E-state index contributed by atoms with van der Waals surface area (Å²) in [7, 11) is 2.15. The molecule has 0 fully saturated rings. The zero-order valence-corrected chi connectivity index (χ0v) is 9.97. The van der Waals surface area contributed by atoms with E-state index in [2.05, 4.69) is 36.1 Å². The predicted molar refractivity (Wildman–Crippen MR) is 61.6 cm³/mol. The summed E-state index contributed by atoms with van der Waals surface area (Å²) in [5.74, 6) is 0. The van der Waals surface area contributed by atoms with E-state index < -0.39 is 0 Å². The molecule has 80 valence electrons. The van der Waals surface area contributed by atoms with Crippen molar-refractivity contribution in [1.29, 1.82) is 0 Å². The summed E-state index contributed by atoms with van der Waals surface area (Å²) in [4.78, 5) is 7.67. The molecule has 0 unspecified atom stereocenters. The van der Waals surface area contributed by atoms with E-state index in [-0.39, 0.29) is 0 Å². The van der Waals surface area contributed by atoms with E-state index in [4.69, 9.17) is 0 Å². The van der Waals surface area contributed by atoms with Gasteiger partial charge in [-0.25, -0.2) is 0 Å². The average molecular weight is 213 g/mol. The lowest BCUT2D eigenvalue weighted by Gasteiger charge is -2.20. The van der Waals surface area contributed by atoms with Crippen LogP contribution in [0.15, 0.2) is 11.7 Å². The maximum absolute atomic E-state index is 4.03. The van der Waals surface area contributed by atoms with Gasteiger partial charge in [-0.15, -0.1) is 11.3 Å². The summed E-state index contributed by atoms with van der Waals surface area (Å²) in [5, 5.41) is 3.40. The Morgan fingerprint density at radius 1 is 1.57 bits per heavy atom.